The largest absolute Gasteiger partial charge is 0.354 e. The zero-order chi connectivity index (χ0) is 32.9. The van der Waals surface area contributed by atoms with E-state index < -0.39 is 11.6 Å². The van der Waals surface area contributed by atoms with Crippen LogP contribution in [0, 0.1) is 29.1 Å². The number of H-pyrrole nitrogens is 1. The Bertz CT molecular complexity index is 2440. The second-order valence-corrected chi connectivity index (χ2v) is 11.7. The Morgan fingerprint density at radius 3 is 1.08 bits per heavy atom. The highest BCUT2D eigenvalue weighted by atomic mass is 19.1. The van der Waals surface area contributed by atoms with Crippen molar-refractivity contribution in [1.29, 1.82) is 0 Å². The summed E-state index contributed by atoms with van der Waals surface area (Å²) in [5, 5.41) is 1.69. The SMILES string of the molecule is Fc1ccc(-c2cc3[nH]c4c(-c5ccc(F)cc5)c(-c5ccc(F)cc5)c(-c5ccc(F)cc5)cc4c3cc2-c2ccc(F)cc2)cc1. The number of benzene rings is 7. The molecule has 0 aliphatic rings. The fraction of sp³-hybridized carbons (Fsp3) is 0. The molecule has 1 aromatic heterocycles. The Balaban J connectivity index is 1.52. The Morgan fingerprint density at radius 2 is 0.646 bits per heavy atom. The van der Waals surface area contributed by atoms with Crippen molar-refractivity contribution in [3.63, 3.8) is 0 Å². The van der Waals surface area contributed by atoms with Crippen molar-refractivity contribution in [2.45, 2.75) is 0 Å². The molecule has 0 unspecified atom stereocenters. The summed E-state index contributed by atoms with van der Waals surface area (Å²) in [4.78, 5) is 3.62. The van der Waals surface area contributed by atoms with E-state index in [4.69, 9.17) is 0 Å². The van der Waals surface area contributed by atoms with Crippen LogP contribution in [0.4, 0.5) is 22.0 Å². The van der Waals surface area contributed by atoms with E-state index in [0.717, 1.165) is 71.9 Å². The van der Waals surface area contributed by atoms with Crippen LogP contribution >= 0.6 is 0 Å². The third-order valence-electron chi connectivity index (χ3n) is 8.77. The van der Waals surface area contributed by atoms with Crippen LogP contribution in [0.2, 0.25) is 0 Å². The van der Waals surface area contributed by atoms with Gasteiger partial charge in [-0.05, 0) is 129 Å². The van der Waals surface area contributed by atoms with Crippen molar-refractivity contribution in [3.8, 4) is 55.6 Å². The molecular weight excluding hydrogens is 613 g/mol. The molecule has 8 aromatic rings. The van der Waals surface area contributed by atoms with Gasteiger partial charge in [0, 0.05) is 21.9 Å². The molecule has 232 valence electrons. The normalized spacial score (nSPS) is 11.4. The van der Waals surface area contributed by atoms with Crippen molar-refractivity contribution in [2.24, 2.45) is 0 Å². The number of hydrogen-bond donors (Lipinski definition) is 1. The highest BCUT2D eigenvalue weighted by Gasteiger charge is 2.22. The van der Waals surface area contributed by atoms with Crippen LogP contribution in [0.3, 0.4) is 0 Å². The molecular formula is C42H24F5N. The van der Waals surface area contributed by atoms with Crippen molar-refractivity contribution in [2.75, 3.05) is 0 Å². The monoisotopic (exact) mass is 637 g/mol. The van der Waals surface area contributed by atoms with Gasteiger partial charge >= 0.3 is 0 Å². The van der Waals surface area contributed by atoms with Crippen LogP contribution in [-0.2, 0) is 0 Å². The number of rotatable bonds is 5. The van der Waals surface area contributed by atoms with E-state index in [9.17, 15) is 22.0 Å². The van der Waals surface area contributed by atoms with Crippen molar-refractivity contribution >= 4 is 21.8 Å². The first-order chi connectivity index (χ1) is 23.3. The molecule has 1 nitrogen and oxygen atoms in total. The highest BCUT2D eigenvalue weighted by Crippen LogP contribution is 2.48. The molecule has 6 heteroatoms. The van der Waals surface area contributed by atoms with Gasteiger partial charge in [-0.1, -0.05) is 60.7 Å². The quantitative estimate of drug-likeness (QED) is 0.181. The summed E-state index contributed by atoms with van der Waals surface area (Å²) in [6.07, 6.45) is 0. The van der Waals surface area contributed by atoms with Gasteiger partial charge in [-0.2, -0.15) is 0 Å². The molecule has 0 saturated carbocycles. The molecule has 1 heterocycles. The van der Waals surface area contributed by atoms with Gasteiger partial charge in [0.1, 0.15) is 29.1 Å². The van der Waals surface area contributed by atoms with Gasteiger partial charge < -0.3 is 4.98 Å². The highest BCUT2D eigenvalue weighted by molar-refractivity contribution is 6.19. The topological polar surface area (TPSA) is 15.8 Å². The van der Waals surface area contributed by atoms with Crippen LogP contribution < -0.4 is 0 Å². The number of hydrogen-bond acceptors (Lipinski definition) is 0. The predicted molar refractivity (Wildman–Crippen MR) is 183 cm³/mol. The summed E-state index contributed by atoms with van der Waals surface area (Å²) < 4.78 is 70.6. The summed E-state index contributed by atoms with van der Waals surface area (Å²) >= 11 is 0. The van der Waals surface area contributed by atoms with Gasteiger partial charge in [-0.3, -0.25) is 0 Å². The Morgan fingerprint density at radius 1 is 0.312 bits per heavy atom. The van der Waals surface area contributed by atoms with Crippen LogP contribution in [0.5, 0.6) is 0 Å². The fourth-order valence-electron chi connectivity index (χ4n) is 6.50. The molecule has 7 aromatic carbocycles. The molecule has 0 radical (unpaired) electrons. The number of fused-ring (bicyclic) bond motifs is 3. The van der Waals surface area contributed by atoms with E-state index in [0.29, 0.717) is 5.56 Å². The maximum Gasteiger partial charge on any atom is 0.123 e. The molecule has 0 spiro atoms. The van der Waals surface area contributed by atoms with E-state index in [-0.39, 0.29) is 17.5 Å². The lowest BCUT2D eigenvalue weighted by atomic mass is 9.85. The standard InChI is InChI=1S/C42H24F5N/c43-29-11-1-24(2-12-29)34-21-37-38-22-36(26-5-15-31(45)16-6-26)40(27-7-17-32(46)18-8-27)41(28-9-19-33(47)20-10-28)42(38)48-39(37)23-35(34)25-3-13-30(44)14-4-25/h1-23,48H. The maximum absolute atomic E-state index is 14.3. The first kappa shape index (κ1) is 29.4. The number of aromatic nitrogens is 1. The Labute approximate surface area is 272 Å². The summed E-state index contributed by atoms with van der Waals surface area (Å²) in [6.45, 7) is 0. The molecule has 0 aliphatic carbocycles. The Kier molecular flexibility index (Phi) is 7.14. The summed E-state index contributed by atoms with van der Waals surface area (Å²) in [5.74, 6) is -1.89. The minimum Gasteiger partial charge on any atom is -0.354 e. The minimum absolute atomic E-state index is 0.362. The zero-order valence-corrected chi connectivity index (χ0v) is 25.2. The number of aromatic amines is 1. The van der Waals surface area contributed by atoms with Crippen LogP contribution in [0.1, 0.15) is 0 Å². The third-order valence-corrected chi connectivity index (χ3v) is 8.77. The summed E-state index contributed by atoms with van der Waals surface area (Å²) in [6, 6.07) is 37.0. The molecule has 0 amide bonds. The predicted octanol–water partition coefficient (Wildman–Crippen LogP) is 12.4. The van der Waals surface area contributed by atoms with Crippen molar-refractivity contribution in [1.82, 2.24) is 4.98 Å². The molecule has 8 rings (SSSR count). The Hall–Kier alpha value is -6.01. The molecule has 0 bridgehead atoms. The van der Waals surface area contributed by atoms with Crippen molar-refractivity contribution < 1.29 is 22.0 Å². The van der Waals surface area contributed by atoms with Gasteiger partial charge in [-0.25, -0.2) is 22.0 Å². The van der Waals surface area contributed by atoms with Gasteiger partial charge in [0.15, 0.2) is 0 Å². The summed E-state index contributed by atoms with van der Waals surface area (Å²) in [5.41, 5.74) is 9.13. The number of nitrogens with one attached hydrogen (secondary N) is 1. The van der Waals surface area contributed by atoms with Crippen LogP contribution in [0.15, 0.2) is 140 Å². The van der Waals surface area contributed by atoms with E-state index in [1.807, 2.05) is 18.2 Å². The maximum atomic E-state index is 14.3. The van der Waals surface area contributed by atoms with Gasteiger partial charge in [0.25, 0.3) is 0 Å². The lowest BCUT2D eigenvalue weighted by Crippen LogP contribution is -1.93. The van der Waals surface area contributed by atoms with Gasteiger partial charge in [0.2, 0.25) is 0 Å². The van der Waals surface area contributed by atoms with Crippen molar-refractivity contribution in [3.05, 3.63) is 169 Å². The molecule has 0 fully saturated rings. The van der Waals surface area contributed by atoms with Gasteiger partial charge in [-0.15, -0.1) is 0 Å². The van der Waals surface area contributed by atoms with E-state index in [1.165, 1.54) is 60.7 Å². The molecule has 0 aliphatic heterocycles. The van der Waals surface area contributed by atoms with Gasteiger partial charge in [0.05, 0.1) is 5.52 Å². The lowest BCUT2D eigenvalue weighted by Gasteiger charge is -2.18. The summed E-state index contributed by atoms with van der Waals surface area (Å²) in [7, 11) is 0. The second kappa shape index (κ2) is 11.7. The first-order valence-electron chi connectivity index (χ1n) is 15.3. The first-order valence-corrected chi connectivity index (χ1v) is 15.3. The molecule has 48 heavy (non-hydrogen) atoms. The lowest BCUT2D eigenvalue weighted by molar-refractivity contribution is 0.627. The minimum atomic E-state index is -0.391. The average Bonchev–Trinajstić information content (AvgIpc) is 3.46. The molecule has 1 N–H and O–H groups in total. The van der Waals surface area contributed by atoms with E-state index in [2.05, 4.69) is 4.98 Å². The van der Waals surface area contributed by atoms with Crippen LogP contribution in [-0.4, -0.2) is 4.98 Å². The third kappa shape index (κ3) is 5.21. The smallest absolute Gasteiger partial charge is 0.123 e. The zero-order valence-electron chi connectivity index (χ0n) is 25.2. The average molecular weight is 638 g/mol. The molecule has 0 atom stereocenters. The molecule has 0 saturated heterocycles. The van der Waals surface area contributed by atoms with E-state index in [1.54, 1.807) is 60.7 Å². The second-order valence-electron chi connectivity index (χ2n) is 11.7. The van der Waals surface area contributed by atoms with Crippen LogP contribution in [0.25, 0.3) is 77.4 Å². The fourth-order valence-corrected chi connectivity index (χ4v) is 6.50. The number of halogens is 5. The van der Waals surface area contributed by atoms with E-state index >= 15 is 0 Å².